The van der Waals surface area contributed by atoms with Crippen LogP contribution in [0, 0.1) is 5.92 Å². The lowest BCUT2D eigenvalue weighted by Crippen LogP contribution is -2.32. The molecule has 1 fully saturated rings. The highest BCUT2D eigenvalue weighted by Crippen LogP contribution is 2.25. The number of rotatable bonds is 4. The van der Waals surface area contributed by atoms with Gasteiger partial charge in [-0.1, -0.05) is 19.1 Å². The van der Waals surface area contributed by atoms with Crippen LogP contribution in [0.15, 0.2) is 24.3 Å². The first kappa shape index (κ1) is 12.4. The van der Waals surface area contributed by atoms with Crippen LogP contribution in [0.5, 0.6) is 5.75 Å². The molecule has 0 spiro atoms. The minimum absolute atomic E-state index is 0.732. The van der Waals surface area contributed by atoms with Crippen LogP contribution in [0.3, 0.4) is 0 Å². The van der Waals surface area contributed by atoms with E-state index in [0.29, 0.717) is 0 Å². The van der Waals surface area contributed by atoms with Crippen molar-refractivity contribution in [2.45, 2.75) is 32.2 Å². The molecule has 0 bridgehead atoms. The summed E-state index contributed by atoms with van der Waals surface area (Å²) in [5.74, 6) is 1.68. The van der Waals surface area contributed by atoms with Crippen molar-refractivity contribution in [2.24, 2.45) is 5.92 Å². The second-order valence-corrected chi connectivity index (χ2v) is 5.22. The minimum atomic E-state index is 0.732. The van der Waals surface area contributed by atoms with Gasteiger partial charge in [0.1, 0.15) is 5.75 Å². The van der Waals surface area contributed by atoms with Crippen molar-refractivity contribution in [2.75, 3.05) is 20.7 Å². The quantitative estimate of drug-likeness (QED) is 0.792. The molecule has 2 atom stereocenters. The SMILES string of the molecule is COc1ccc(C[C@H](C)[C@@H]2CCCN2C)cc1. The Morgan fingerprint density at radius 2 is 2.06 bits per heavy atom. The number of likely N-dealkylation sites (tertiary alicyclic amines) is 1. The Bertz CT molecular complexity index is 346. The fraction of sp³-hybridized carbons (Fsp3) is 0.600. The third kappa shape index (κ3) is 3.01. The maximum Gasteiger partial charge on any atom is 0.118 e. The Labute approximate surface area is 105 Å². The molecule has 17 heavy (non-hydrogen) atoms. The molecule has 1 aromatic carbocycles. The van der Waals surface area contributed by atoms with E-state index in [2.05, 4.69) is 43.1 Å². The molecule has 1 aliphatic rings. The summed E-state index contributed by atoms with van der Waals surface area (Å²) in [5, 5.41) is 0. The van der Waals surface area contributed by atoms with Gasteiger partial charge in [0.05, 0.1) is 7.11 Å². The molecule has 1 saturated heterocycles. The minimum Gasteiger partial charge on any atom is -0.497 e. The zero-order chi connectivity index (χ0) is 12.3. The lowest BCUT2D eigenvalue weighted by atomic mass is 9.92. The zero-order valence-electron chi connectivity index (χ0n) is 11.1. The van der Waals surface area contributed by atoms with Crippen LogP contribution >= 0.6 is 0 Å². The molecule has 0 unspecified atom stereocenters. The number of benzene rings is 1. The molecule has 0 aromatic heterocycles. The maximum absolute atomic E-state index is 5.18. The summed E-state index contributed by atoms with van der Waals surface area (Å²) in [6.45, 7) is 3.63. The van der Waals surface area contributed by atoms with Crippen molar-refractivity contribution < 1.29 is 4.74 Å². The number of ether oxygens (including phenoxy) is 1. The summed E-state index contributed by atoms with van der Waals surface area (Å²) in [6, 6.07) is 9.24. The monoisotopic (exact) mass is 233 g/mol. The molecule has 1 aromatic rings. The van der Waals surface area contributed by atoms with Crippen LogP contribution in [0.1, 0.15) is 25.3 Å². The topological polar surface area (TPSA) is 12.5 Å². The van der Waals surface area contributed by atoms with E-state index in [1.165, 1.54) is 31.4 Å². The fourth-order valence-electron chi connectivity index (χ4n) is 2.92. The second-order valence-electron chi connectivity index (χ2n) is 5.22. The first-order valence-corrected chi connectivity index (χ1v) is 6.54. The number of hydrogen-bond donors (Lipinski definition) is 0. The largest absolute Gasteiger partial charge is 0.497 e. The standard InChI is InChI=1S/C15H23NO/c1-12(15-5-4-10-16(15)2)11-13-6-8-14(17-3)9-7-13/h6-9,12,15H,4-5,10-11H2,1-3H3/t12-,15-/m0/s1. The first-order valence-electron chi connectivity index (χ1n) is 6.54. The molecule has 0 radical (unpaired) electrons. The average molecular weight is 233 g/mol. The average Bonchev–Trinajstić information content (AvgIpc) is 2.76. The van der Waals surface area contributed by atoms with Crippen molar-refractivity contribution in [3.05, 3.63) is 29.8 Å². The van der Waals surface area contributed by atoms with Gasteiger partial charge in [0, 0.05) is 6.04 Å². The van der Waals surface area contributed by atoms with Gasteiger partial charge in [-0.3, -0.25) is 0 Å². The molecule has 94 valence electrons. The third-order valence-electron chi connectivity index (χ3n) is 3.95. The zero-order valence-corrected chi connectivity index (χ0v) is 11.1. The number of hydrogen-bond acceptors (Lipinski definition) is 2. The van der Waals surface area contributed by atoms with E-state index in [0.717, 1.165) is 17.7 Å². The first-order chi connectivity index (χ1) is 8.20. The Morgan fingerprint density at radius 1 is 1.35 bits per heavy atom. The van der Waals surface area contributed by atoms with Crippen LogP contribution < -0.4 is 4.74 Å². The van der Waals surface area contributed by atoms with Gasteiger partial charge in [-0.15, -0.1) is 0 Å². The van der Waals surface area contributed by atoms with Gasteiger partial charge >= 0.3 is 0 Å². The van der Waals surface area contributed by atoms with Crippen LogP contribution in [0.4, 0.5) is 0 Å². The maximum atomic E-state index is 5.18. The Morgan fingerprint density at radius 3 is 2.59 bits per heavy atom. The summed E-state index contributed by atoms with van der Waals surface area (Å²) in [7, 11) is 3.97. The van der Waals surface area contributed by atoms with Gasteiger partial charge in [0.2, 0.25) is 0 Å². The summed E-state index contributed by atoms with van der Waals surface area (Å²) >= 11 is 0. The predicted octanol–water partition coefficient (Wildman–Crippen LogP) is 2.97. The molecule has 0 N–H and O–H groups in total. The highest BCUT2D eigenvalue weighted by atomic mass is 16.5. The van der Waals surface area contributed by atoms with Gasteiger partial charge in [-0.05, 0) is 56.5 Å². The Kier molecular flexibility index (Phi) is 4.06. The number of nitrogens with zero attached hydrogens (tertiary/aromatic N) is 1. The summed E-state index contributed by atoms with van der Waals surface area (Å²) in [6.07, 6.45) is 3.88. The number of methoxy groups -OCH3 is 1. The van der Waals surface area contributed by atoms with Crippen molar-refractivity contribution in [1.82, 2.24) is 4.90 Å². The van der Waals surface area contributed by atoms with E-state index in [4.69, 9.17) is 4.74 Å². The van der Waals surface area contributed by atoms with Crippen molar-refractivity contribution in [1.29, 1.82) is 0 Å². The summed E-state index contributed by atoms with van der Waals surface area (Å²) in [4.78, 5) is 2.51. The smallest absolute Gasteiger partial charge is 0.118 e. The highest BCUT2D eigenvalue weighted by Gasteiger charge is 2.26. The Hall–Kier alpha value is -1.02. The van der Waals surface area contributed by atoms with Crippen LogP contribution in [0.2, 0.25) is 0 Å². The van der Waals surface area contributed by atoms with E-state index in [1.807, 2.05) is 0 Å². The van der Waals surface area contributed by atoms with Crippen molar-refractivity contribution >= 4 is 0 Å². The fourth-order valence-corrected chi connectivity index (χ4v) is 2.92. The molecule has 1 aliphatic heterocycles. The molecule has 0 aliphatic carbocycles. The van der Waals surface area contributed by atoms with E-state index in [1.54, 1.807) is 7.11 Å². The van der Waals surface area contributed by atoms with E-state index < -0.39 is 0 Å². The van der Waals surface area contributed by atoms with Crippen molar-refractivity contribution in [3.8, 4) is 5.75 Å². The van der Waals surface area contributed by atoms with Gasteiger partial charge in [0.15, 0.2) is 0 Å². The lowest BCUT2D eigenvalue weighted by molar-refractivity contribution is 0.237. The molecular formula is C15H23NO. The third-order valence-corrected chi connectivity index (χ3v) is 3.95. The molecule has 2 heteroatoms. The van der Waals surface area contributed by atoms with Gasteiger partial charge in [-0.2, -0.15) is 0 Å². The van der Waals surface area contributed by atoms with Gasteiger partial charge in [-0.25, -0.2) is 0 Å². The molecule has 0 saturated carbocycles. The highest BCUT2D eigenvalue weighted by molar-refractivity contribution is 5.27. The van der Waals surface area contributed by atoms with E-state index in [-0.39, 0.29) is 0 Å². The van der Waals surface area contributed by atoms with Crippen LogP contribution in [0.25, 0.3) is 0 Å². The van der Waals surface area contributed by atoms with E-state index >= 15 is 0 Å². The van der Waals surface area contributed by atoms with Crippen molar-refractivity contribution in [3.63, 3.8) is 0 Å². The molecular weight excluding hydrogens is 210 g/mol. The van der Waals surface area contributed by atoms with E-state index in [9.17, 15) is 0 Å². The predicted molar refractivity (Wildman–Crippen MR) is 71.5 cm³/mol. The molecule has 2 nitrogen and oxygen atoms in total. The second kappa shape index (κ2) is 5.54. The van der Waals surface area contributed by atoms with Crippen LogP contribution in [-0.2, 0) is 6.42 Å². The van der Waals surface area contributed by atoms with Gasteiger partial charge < -0.3 is 9.64 Å². The normalized spacial score (nSPS) is 22.6. The van der Waals surface area contributed by atoms with Gasteiger partial charge in [0.25, 0.3) is 0 Å². The van der Waals surface area contributed by atoms with Crippen LogP contribution in [-0.4, -0.2) is 31.6 Å². The summed E-state index contributed by atoms with van der Waals surface area (Å²) in [5.41, 5.74) is 1.42. The lowest BCUT2D eigenvalue weighted by Gasteiger charge is -2.26. The Balaban J connectivity index is 1.95. The summed E-state index contributed by atoms with van der Waals surface area (Å²) < 4.78 is 5.18. The molecule has 2 rings (SSSR count). The molecule has 0 amide bonds. The molecule has 1 heterocycles.